The number of fused-ring (bicyclic) bond motifs is 1. The highest BCUT2D eigenvalue weighted by Crippen LogP contribution is 2.34. The van der Waals surface area contributed by atoms with Crippen molar-refractivity contribution in [1.82, 2.24) is 10.6 Å². The SMILES string of the molecule is CC1(O)CNCC(c2ccc3c(c2)OCO3)N1. The Balaban J connectivity index is 1.84. The standard InChI is InChI=1S/C12H16N2O3/c1-12(15)6-13-5-9(14-12)8-2-3-10-11(4-8)17-7-16-10/h2-4,9,13-15H,5-7H2,1H3. The first-order valence-electron chi connectivity index (χ1n) is 5.74. The summed E-state index contributed by atoms with van der Waals surface area (Å²) in [6, 6.07) is 5.94. The zero-order valence-corrected chi connectivity index (χ0v) is 9.69. The predicted octanol–water partition coefficient (Wildman–Crippen LogP) is 0.358. The number of rotatable bonds is 1. The Hall–Kier alpha value is -1.30. The van der Waals surface area contributed by atoms with Crippen molar-refractivity contribution < 1.29 is 14.6 Å². The quantitative estimate of drug-likeness (QED) is 0.657. The van der Waals surface area contributed by atoms with Crippen molar-refractivity contribution in [3.05, 3.63) is 23.8 Å². The second kappa shape index (κ2) is 3.87. The van der Waals surface area contributed by atoms with Crippen LogP contribution in [0.2, 0.25) is 0 Å². The first-order chi connectivity index (χ1) is 8.14. The van der Waals surface area contributed by atoms with Gasteiger partial charge in [-0.05, 0) is 24.6 Å². The largest absolute Gasteiger partial charge is 0.454 e. The third-order valence-corrected chi connectivity index (χ3v) is 3.10. The lowest BCUT2D eigenvalue weighted by molar-refractivity contribution is -0.00505. The highest BCUT2D eigenvalue weighted by Gasteiger charge is 2.30. The maximum Gasteiger partial charge on any atom is 0.231 e. The number of aliphatic hydroxyl groups is 1. The Morgan fingerprint density at radius 3 is 3.00 bits per heavy atom. The molecule has 17 heavy (non-hydrogen) atoms. The monoisotopic (exact) mass is 236 g/mol. The van der Waals surface area contributed by atoms with Crippen molar-refractivity contribution in [2.75, 3.05) is 19.9 Å². The molecule has 2 heterocycles. The van der Waals surface area contributed by atoms with Gasteiger partial charge in [0.25, 0.3) is 0 Å². The van der Waals surface area contributed by atoms with E-state index in [-0.39, 0.29) is 12.8 Å². The molecule has 0 amide bonds. The molecule has 0 saturated carbocycles. The minimum atomic E-state index is -0.876. The van der Waals surface area contributed by atoms with E-state index in [1.54, 1.807) is 6.92 Å². The van der Waals surface area contributed by atoms with Crippen LogP contribution in [-0.2, 0) is 0 Å². The van der Waals surface area contributed by atoms with Gasteiger partial charge in [0.1, 0.15) is 5.72 Å². The average molecular weight is 236 g/mol. The number of benzene rings is 1. The molecule has 0 bridgehead atoms. The number of hydrogen-bond donors (Lipinski definition) is 3. The molecule has 1 fully saturated rings. The van der Waals surface area contributed by atoms with Crippen LogP contribution in [0.4, 0.5) is 0 Å². The second-order valence-corrected chi connectivity index (χ2v) is 4.71. The zero-order chi connectivity index (χ0) is 11.9. The van der Waals surface area contributed by atoms with Crippen molar-refractivity contribution in [3.63, 3.8) is 0 Å². The van der Waals surface area contributed by atoms with Crippen LogP contribution in [0.25, 0.3) is 0 Å². The van der Waals surface area contributed by atoms with Gasteiger partial charge in [0.15, 0.2) is 11.5 Å². The highest BCUT2D eigenvalue weighted by molar-refractivity contribution is 5.45. The van der Waals surface area contributed by atoms with Crippen LogP contribution >= 0.6 is 0 Å². The summed E-state index contributed by atoms with van der Waals surface area (Å²) >= 11 is 0. The smallest absolute Gasteiger partial charge is 0.231 e. The fourth-order valence-electron chi connectivity index (χ4n) is 2.27. The molecule has 5 nitrogen and oxygen atoms in total. The van der Waals surface area contributed by atoms with Gasteiger partial charge in [-0.2, -0.15) is 0 Å². The van der Waals surface area contributed by atoms with Crippen molar-refractivity contribution >= 4 is 0 Å². The highest BCUT2D eigenvalue weighted by atomic mass is 16.7. The molecule has 1 aromatic carbocycles. The molecule has 0 aliphatic carbocycles. The minimum absolute atomic E-state index is 0.0771. The van der Waals surface area contributed by atoms with Gasteiger partial charge in [-0.3, -0.25) is 5.32 Å². The van der Waals surface area contributed by atoms with Gasteiger partial charge in [0.2, 0.25) is 6.79 Å². The van der Waals surface area contributed by atoms with Crippen LogP contribution in [0.1, 0.15) is 18.5 Å². The molecule has 2 aliphatic rings. The number of nitrogens with one attached hydrogen (secondary N) is 2. The van der Waals surface area contributed by atoms with Crippen LogP contribution in [0.15, 0.2) is 18.2 Å². The molecular weight excluding hydrogens is 220 g/mol. The topological polar surface area (TPSA) is 62.8 Å². The summed E-state index contributed by atoms with van der Waals surface area (Å²) in [5.41, 5.74) is 0.209. The van der Waals surface area contributed by atoms with E-state index in [0.717, 1.165) is 23.6 Å². The molecule has 3 rings (SSSR count). The summed E-state index contributed by atoms with van der Waals surface area (Å²) in [6.45, 7) is 3.38. The molecule has 0 aromatic heterocycles. The summed E-state index contributed by atoms with van der Waals surface area (Å²) in [5, 5.41) is 16.4. The van der Waals surface area contributed by atoms with Crippen molar-refractivity contribution in [2.24, 2.45) is 0 Å². The molecule has 2 aliphatic heterocycles. The summed E-state index contributed by atoms with van der Waals surface area (Å²) in [5.74, 6) is 1.55. The van der Waals surface area contributed by atoms with E-state index in [2.05, 4.69) is 10.6 Å². The Kier molecular flexibility index (Phi) is 2.47. The van der Waals surface area contributed by atoms with Crippen molar-refractivity contribution in [1.29, 1.82) is 0 Å². The van der Waals surface area contributed by atoms with Gasteiger partial charge in [-0.1, -0.05) is 6.07 Å². The second-order valence-electron chi connectivity index (χ2n) is 4.71. The van der Waals surface area contributed by atoms with Gasteiger partial charge in [0, 0.05) is 19.1 Å². The normalized spacial score (nSPS) is 31.5. The molecule has 0 radical (unpaired) electrons. The molecule has 2 atom stereocenters. The maximum absolute atomic E-state index is 9.97. The van der Waals surface area contributed by atoms with Crippen LogP contribution in [-0.4, -0.2) is 30.7 Å². The maximum atomic E-state index is 9.97. The Labute approximate surface area is 99.7 Å². The van der Waals surface area contributed by atoms with Crippen LogP contribution in [0.3, 0.4) is 0 Å². The summed E-state index contributed by atoms with van der Waals surface area (Å²) in [4.78, 5) is 0. The molecule has 2 unspecified atom stereocenters. The van der Waals surface area contributed by atoms with E-state index in [4.69, 9.17) is 9.47 Å². The van der Waals surface area contributed by atoms with Gasteiger partial charge in [-0.15, -0.1) is 0 Å². The van der Waals surface area contributed by atoms with Crippen molar-refractivity contribution in [3.8, 4) is 11.5 Å². The van der Waals surface area contributed by atoms with Gasteiger partial charge < -0.3 is 19.9 Å². The molecule has 3 N–H and O–H groups in total. The van der Waals surface area contributed by atoms with E-state index in [1.165, 1.54) is 0 Å². The number of ether oxygens (including phenoxy) is 2. The zero-order valence-electron chi connectivity index (χ0n) is 9.69. The third kappa shape index (κ3) is 2.09. The number of β-amino-alcohol motifs (C(OH)–C–C–N with tert-alkyl or cyclic N) is 1. The van der Waals surface area contributed by atoms with E-state index < -0.39 is 5.72 Å². The lowest BCUT2D eigenvalue weighted by Crippen LogP contribution is -2.58. The van der Waals surface area contributed by atoms with Crippen LogP contribution in [0, 0.1) is 0 Å². The lowest BCUT2D eigenvalue weighted by atomic mass is 10.0. The third-order valence-electron chi connectivity index (χ3n) is 3.10. The summed E-state index contributed by atoms with van der Waals surface area (Å²) in [6.07, 6.45) is 0. The summed E-state index contributed by atoms with van der Waals surface area (Å²) < 4.78 is 10.6. The minimum Gasteiger partial charge on any atom is -0.454 e. The van der Waals surface area contributed by atoms with Crippen molar-refractivity contribution in [2.45, 2.75) is 18.7 Å². The molecule has 1 aromatic rings. The Bertz CT molecular complexity index is 434. The van der Waals surface area contributed by atoms with Gasteiger partial charge >= 0.3 is 0 Å². The number of hydrogen-bond acceptors (Lipinski definition) is 5. The Morgan fingerprint density at radius 2 is 2.18 bits per heavy atom. The van der Waals surface area contributed by atoms with Gasteiger partial charge in [0.05, 0.1) is 0 Å². The van der Waals surface area contributed by atoms with Gasteiger partial charge in [-0.25, -0.2) is 0 Å². The lowest BCUT2D eigenvalue weighted by Gasteiger charge is -2.36. The van der Waals surface area contributed by atoms with Crippen LogP contribution < -0.4 is 20.1 Å². The molecule has 1 saturated heterocycles. The molecular formula is C12H16N2O3. The average Bonchev–Trinajstić information content (AvgIpc) is 2.74. The fourth-order valence-corrected chi connectivity index (χ4v) is 2.27. The van der Waals surface area contributed by atoms with E-state index >= 15 is 0 Å². The van der Waals surface area contributed by atoms with E-state index in [9.17, 15) is 5.11 Å². The van der Waals surface area contributed by atoms with Crippen LogP contribution in [0.5, 0.6) is 11.5 Å². The number of piperazine rings is 1. The predicted molar refractivity (Wildman–Crippen MR) is 61.9 cm³/mol. The van der Waals surface area contributed by atoms with E-state index in [0.29, 0.717) is 6.54 Å². The first-order valence-corrected chi connectivity index (χ1v) is 5.74. The Morgan fingerprint density at radius 1 is 1.35 bits per heavy atom. The molecule has 92 valence electrons. The first kappa shape index (κ1) is 10.8. The van der Waals surface area contributed by atoms with E-state index in [1.807, 2.05) is 18.2 Å². The summed E-state index contributed by atoms with van der Waals surface area (Å²) in [7, 11) is 0. The molecule has 0 spiro atoms. The fraction of sp³-hybridized carbons (Fsp3) is 0.500. The molecule has 5 heteroatoms.